The second-order valence-electron chi connectivity index (χ2n) is 6.79. The van der Waals surface area contributed by atoms with Gasteiger partial charge in [0, 0.05) is 50.7 Å². The number of nitrogens with zero attached hydrogens (tertiary/aromatic N) is 4. The monoisotopic (exact) mass is 344 g/mol. The largest absolute Gasteiger partial charge is 0.295 e. The molecule has 0 N–H and O–H groups in total. The van der Waals surface area contributed by atoms with E-state index in [1.807, 2.05) is 24.5 Å². The highest BCUT2D eigenvalue weighted by Crippen LogP contribution is 2.20. The lowest BCUT2D eigenvalue weighted by Crippen LogP contribution is -2.43. The zero-order valence-electron chi connectivity index (χ0n) is 15.2. The fourth-order valence-electron chi connectivity index (χ4n) is 3.53. The Bertz CT molecular complexity index is 891. The molecule has 0 saturated carbocycles. The third-order valence-corrected chi connectivity index (χ3v) is 5.01. The quantitative estimate of drug-likeness (QED) is 0.675. The number of rotatable bonds is 4. The van der Waals surface area contributed by atoms with Crippen LogP contribution in [0.1, 0.15) is 18.1 Å². The van der Waals surface area contributed by atoms with Crippen molar-refractivity contribution >= 4 is 16.5 Å². The Hall–Kier alpha value is -2.72. The van der Waals surface area contributed by atoms with Crippen LogP contribution in [0.5, 0.6) is 0 Å². The van der Waals surface area contributed by atoms with E-state index in [1.54, 1.807) is 0 Å². The lowest BCUT2D eigenvalue weighted by atomic mass is 10.0. The second-order valence-corrected chi connectivity index (χ2v) is 6.79. The van der Waals surface area contributed by atoms with Crippen LogP contribution in [0, 0.1) is 0 Å². The molecule has 26 heavy (non-hydrogen) atoms. The maximum atomic E-state index is 4.79. The summed E-state index contributed by atoms with van der Waals surface area (Å²) in [7, 11) is 0. The summed E-state index contributed by atoms with van der Waals surface area (Å²) in [5.41, 5.74) is 3.60. The maximum Gasteiger partial charge on any atom is 0.0647 e. The molecule has 2 aromatic carbocycles. The van der Waals surface area contributed by atoms with Crippen molar-refractivity contribution in [1.29, 1.82) is 0 Å². The molecule has 1 aliphatic heterocycles. The van der Waals surface area contributed by atoms with Crippen LogP contribution < -0.4 is 0 Å². The molecule has 1 aliphatic rings. The smallest absolute Gasteiger partial charge is 0.0647 e. The Kier molecular flexibility index (Phi) is 4.93. The molecule has 0 bridgehead atoms. The Morgan fingerprint density at radius 2 is 1.65 bits per heavy atom. The number of pyridine rings is 1. The molecule has 4 heteroatoms. The molecule has 0 aliphatic carbocycles. The molecule has 1 aromatic heterocycles. The van der Waals surface area contributed by atoms with Gasteiger partial charge in [0.25, 0.3) is 0 Å². The van der Waals surface area contributed by atoms with Crippen LogP contribution >= 0.6 is 0 Å². The third kappa shape index (κ3) is 3.75. The zero-order chi connectivity index (χ0) is 17.8. The van der Waals surface area contributed by atoms with Crippen LogP contribution in [0.15, 0.2) is 72.1 Å². The molecular weight excluding hydrogens is 320 g/mol. The van der Waals surface area contributed by atoms with Gasteiger partial charge >= 0.3 is 0 Å². The molecule has 4 nitrogen and oxygen atoms in total. The Morgan fingerprint density at radius 1 is 0.923 bits per heavy atom. The number of piperazine rings is 1. The van der Waals surface area contributed by atoms with Crippen molar-refractivity contribution in [2.45, 2.75) is 13.5 Å². The van der Waals surface area contributed by atoms with Gasteiger partial charge in [-0.25, -0.2) is 0 Å². The molecule has 0 amide bonds. The van der Waals surface area contributed by atoms with Crippen LogP contribution in [0.4, 0.5) is 0 Å². The summed E-state index contributed by atoms with van der Waals surface area (Å²) in [5, 5.41) is 9.67. The summed E-state index contributed by atoms with van der Waals surface area (Å²) in [6.45, 7) is 7.08. The van der Waals surface area contributed by atoms with E-state index in [4.69, 9.17) is 5.10 Å². The molecule has 1 fully saturated rings. The predicted molar refractivity (Wildman–Crippen MR) is 107 cm³/mol. The summed E-state index contributed by atoms with van der Waals surface area (Å²) >= 11 is 0. The number of aromatic nitrogens is 1. The van der Waals surface area contributed by atoms with Crippen molar-refractivity contribution in [1.82, 2.24) is 14.9 Å². The van der Waals surface area contributed by atoms with Gasteiger partial charge in [-0.3, -0.25) is 14.9 Å². The lowest BCUT2D eigenvalue weighted by Gasteiger charge is -2.33. The van der Waals surface area contributed by atoms with Gasteiger partial charge in [0.05, 0.1) is 5.71 Å². The highest BCUT2D eigenvalue weighted by Gasteiger charge is 2.16. The molecule has 132 valence electrons. The van der Waals surface area contributed by atoms with E-state index in [1.165, 1.54) is 16.3 Å². The van der Waals surface area contributed by atoms with E-state index < -0.39 is 0 Å². The van der Waals surface area contributed by atoms with E-state index in [0.29, 0.717) is 0 Å². The highest BCUT2D eigenvalue weighted by atomic mass is 15.5. The normalized spacial score (nSPS) is 16.2. The molecule has 0 atom stereocenters. The number of fused-ring (bicyclic) bond motifs is 1. The number of hydrogen-bond acceptors (Lipinski definition) is 4. The molecule has 2 heterocycles. The summed E-state index contributed by atoms with van der Waals surface area (Å²) in [6.07, 6.45) is 3.63. The number of hydrogen-bond donors (Lipinski definition) is 0. The van der Waals surface area contributed by atoms with Gasteiger partial charge in [-0.05, 0) is 35.4 Å². The lowest BCUT2D eigenvalue weighted by molar-refractivity contribution is 0.131. The van der Waals surface area contributed by atoms with Crippen molar-refractivity contribution in [3.63, 3.8) is 0 Å². The molecule has 3 aromatic rings. The molecule has 0 spiro atoms. The van der Waals surface area contributed by atoms with E-state index >= 15 is 0 Å². The van der Waals surface area contributed by atoms with Crippen molar-refractivity contribution in [2.75, 3.05) is 26.2 Å². The van der Waals surface area contributed by atoms with Crippen LogP contribution in [-0.4, -0.2) is 46.8 Å². The van der Waals surface area contributed by atoms with Crippen molar-refractivity contribution in [2.24, 2.45) is 5.10 Å². The fourth-order valence-corrected chi connectivity index (χ4v) is 3.53. The van der Waals surface area contributed by atoms with Crippen LogP contribution in [-0.2, 0) is 6.54 Å². The first-order chi connectivity index (χ1) is 12.8. The van der Waals surface area contributed by atoms with Crippen molar-refractivity contribution in [3.8, 4) is 0 Å². The zero-order valence-corrected chi connectivity index (χ0v) is 15.2. The third-order valence-electron chi connectivity index (χ3n) is 5.01. The fraction of sp³-hybridized carbons (Fsp3) is 0.273. The van der Waals surface area contributed by atoms with Gasteiger partial charge in [-0.1, -0.05) is 42.5 Å². The SMILES string of the molecule is C/C(=N\N1CCN(Cc2cccc3ccccc23)CC1)c1ccncc1. The van der Waals surface area contributed by atoms with E-state index in [2.05, 4.69) is 64.3 Å². The van der Waals surface area contributed by atoms with E-state index in [9.17, 15) is 0 Å². The van der Waals surface area contributed by atoms with Crippen LogP contribution in [0.3, 0.4) is 0 Å². The standard InChI is InChI=1S/C22H24N4/c1-18(19-9-11-23-12-10-19)24-26-15-13-25(14-16-26)17-21-7-4-6-20-5-2-3-8-22(20)21/h2-12H,13-17H2,1H3/b24-18+. The first-order valence-electron chi connectivity index (χ1n) is 9.19. The molecular formula is C22H24N4. The average Bonchev–Trinajstić information content (AvgIpc) is 2.70. The summed E-state index contributed by atoms with van der Waals surface area (Å²) in [6, 6.07) is 19.3. The molecule has 0 radical (unpaired) electrons. The number of benzene rings is 2. The topological polar surface area (TPSA) is 31.7 Å². The Labute approximate surface area is 154 Å². The van der Waals surface area contributed by atoms with Gasteiger partial charge in [-0.2, -0.15) is 5.10 Å². The minimum Gasteiger partial charge on any atom is -0.295 e. The first kappa shape index (κ1) is 16.7. The maximum absolute atomic E-state index is 4.79. The summed E-state index contributed by atoms with van der Waals surface area (Å²) < 4.78 is 0. The molecule has 4 rings (SSSR count). The summed E-state index contributed by atoms with van der Waals surface area (Å²) in [4.78, 5) is 6.59. The summed E-state index contributed by atoms with van der Waals surface area (Å²) in [5.74, 6) is 0. The van der Waals surface area contributed by atoms with Gasteiger partial charge in [-0.15, -0.1) is 0 Å². The van der Waals surface area contributed by atoms with Crippen LogP contribution in [0.25, 0.3) is 10.8 Å². The number of hydrazone groups is 1. The van der Waals surface area contributed by atoms with Crippen LogP contribution in [0.2, 0.25) is 0 Å². The average molecular weight is 344 g/mol. The van der Waals surface area contributed by atoms with Crippen molar-refractivity contribution in [3.05, 3.63) is 78.1 Å². The first-order valence-corrected chi connectivity index (χ1v) is 9.19. The highest BCUT2D eigenvalue weighted by molar-refractivity contribution is 5.98. The predicted octanol–water partition coefficient (Wildman–Crippen LogP) is 3.78. The van der Waals surface area contributed by atoms with E-state index in [0.717, 1.165) is 44.0 Å². The van der Waals surface area contributed by atoms with Gasteiger partial charge in [0.1, 0.15) is 0 Å². The minimum absolute atomic E-state index is 0.965. The molecule has 1 saturated heterocycles. The van der Waals surface area contributed by atoms with Gasteiger partial charge in [0.2, 0.25) is 0 Å². The molecule has 0 unspecified atom stereocenters. The van der Waals surface area contributed by atoms with E-state index in [-0.39, 0.29) is 0 Å². The minimum atomic E-state index is 0.965. The van der Waals surface area contributed by atoms with Gasteiger partial charge < -0.3 is 0 Å². The Morgan fingerprint density at radius 3 is 2.46 bits per heavy atom. The van der Waals surface area contributed by atoms with Gasteiger partial charge in [0.15, 0.2) is 0 Å². The Balaban J connectivity index is 1.39. The van der Waals surface area contributed by atoms with Crippen molar-refractivity contribution < 1.29 is 0 Å². The second kappa shape index (κ2) is 7.67.